The number of pyridine rings is 1. The van der Waals surface area contributed by atoms with E-state index in [2.05, 4.69) is 101 Å². The number of thiazole rings is 1. The van der Waals surface area contributed by atoms with Crippen molar-refractivity contribution < 1.29 is 0 Å². The number of hydrogen-bond donors (Lipinski definition) is 2. The lowest BCUT2D eigenvalue weighted by Gasteiger charge is -2.16. The highest BCUT2D eigenvalue weighted by atomic mass is 35.5. The second kappa shape index (κ2) is 13.5. The molecule has 8 aromatic rings. The first kappa shape index (κ1) is 30.2. The maximum Gasteiger partial charge on any atom is 0.107 e. The van der Waals surface area contributed by atoms with Gasteiger partial charge in [0.25, 0.3) is 0 Å². The molecule has 0 aliphatic carbocycles. The second-order valence-electron chi connectivity index (χ2n) is 11.0. The number of nitrogens with one attached hydrogen (secondary N) is 2. The van der Waals surface area contributed by atoms with Gasteiger partial charge in [0.05, 0.1) is 45.4 Å². The van der Waals surface area contributed by atoms with Crippen molar-refractivity contribution in [2.45, 2.75) is 19.5 Å². The second-order valence-corrected chi connectivity index (χ2v) is 12.1. The topological polar surface area (TPSA) is 106 Å². The van der Waals surface area contributed by atoms with Crippen molar-refractivity contribution in [1.29, 1.82) is 0 Å². The molecule has 232 valence electrons. The highest BCUT2D eigenvalue weighted by Gasteiger charge is 2.11. The lowest BCUT2D eigenvalue weighted by Crippen LogP contribution is -2.07. The Labute approximate surface area is 280 Å². The van der Waals surface area contributed by atoms with Gasteiger partial charge < -0.3 is 15.2 Å². The van der Waals surface area contributed by atoms with Gasteiger partial charge in [-0.15, -0.1) is 11.3 Å². The van der Waals surface area contributed by atoms with E-state index in [4.69, 9.17) is 11.6 Å². The Morgan fingerprint density at radius 2 is 1.62 bits per heavy atom. The van der Waals surface area contributed by atoms with Gasteiger partial charge in [-0.1, -0.05) is 29.8 Å². The van der Waals surface area contributed by atoms with Crippen LogP contribution in [0.15, 0.2) is 115 Å². The molecule has 3 aromatic carbocycles. The summed E-state index contributed by atoms with van der Waals surface area (Å²) in [5.41, 5.74) is 12.6. The highest BCUT2D eigenvalue weighted by molar-refractivity contribution is 7.07. The fourth-order valence-electron chi connectivity index (χ4n) is 5.43. The molecule has 8 rings (SSSR count). The summed E-state index contributed by atoms with van der Waals surface area (Å²) in [6.07, 6.45) is 12.5. The van der Waals surface area contributed by atoms with Crippen LogP contribution < -0.4 is 10.6 Å². The predicted molar refractivity (Wildman–Crippen MR) is 192 cm³/mol. The van der Waals surface area contributed by atoms with Crippen molar-refractivity contribution in [3.05, 3.63) is 131 Å². The first-order valence-electron chi connectivity index (χ1n) is 15.0. The van der Waals surface area contributed by atoms with Crippen LogP contribution in [0, 0.1) is 0 Å². The third kappa shape index (κ3) is 6.74. The Bertz CT molecular complexity index is 2290. The summed E-state index contributed by atoms with van der Waals surface area (Å²) in [6, 6.07) is 20.7. The lowest BCUT2D eigenvalue weighted by atomic mass is 10.0. The molecular weight excluding hydrogens is 626 g/mol. The number of fused-ring (bicyclic) bond motifs is 3. The number of nitrogens with zero attached hydrogens (tertiary/aromatic N) is 7. The Hall–Kier alpha value is -5.45. The van der Waals surface area contributed by atoms with E-state index in [-0.39, 0.29) is 6.04 Å². The lowest BCUT2D eigenvalue weighted by molar-refractivity contribution is 0.876. The predicted octanol–water partition coefficient (Wildman–Crippen LogP) is 8.71. The molecule has 5 heterocycles. The molecule has 0 amide bonds. The van der Waals surface area contributed by atoms with E-state index in [1.165, 1.54) is 10.9 Å². The number of benzene rings is 3. The molecule has 2 N–H and O–H groups in total. The molecule has 1 atom stereocenters. The molecule has 0 fully saturated rings. The van der Waals surface area contributed by atoms with Gasteiger partial charge in [-0.3, -0.25) is 24.9 Å². The van der Waals surface area contributed by atoms with E-state index in [0.717, 1.165) is 50.3 Å². The monoisotopic (exact) mass is 655 g/mol. The van der Waals surface area contributed by atoms with E-state index in [0.29, 0.717) is 17.1 Å². The number of aromatic nitrogens is 7. The van der Waals surface area contributed by atoms with Crippen LogP contribution in [0.4, 0.5) is 11.4 Å². The third-order valence-electron chi connectivity index (χ3n) is 7.82. The van der Waals surface area contributed by atoms with Crippen LogP contribution in [0.5, 0.6) is 0 Å². The van der Waals surface area contributed by atoms with E-state index >= 15 is 0 Å². The molecule has 5 aromatic heterocycles. The smallest absolute Gasteiger partial charge is 0.107 e. The molecule has 0 saturated heterocycles. The maximum atomic E-state index is 6.24. The summed E-state index contributed by atoms with van der Waals surface area (Å²) in [6.45, 7) is 2.76. The molecule has 47 heavy (non-hydrogen) atoms. The van der Waals surface area contributed by atoms with Gasteiger partial charge in [-0.25, -0.2) is 4.98 Å². The molecule has 0 spiro atoms. The number of hydrogen-bond acceptors (Lipinski definition) is 9. The largest absolute Gasteiger partial charge is 0.379 e. The average Bonchev–Trinajstić information content (AvgIpc) is 3.77. The minimum absolute atomic E-state index is 0.133. The highest BCUT2D eigenvalue weighted by Crippen LogP contribution is 2.32. The molecule has 0 saturated carbocycles. The molecule has 0 bridgehead atoms. The van der Waals surface area contributed by atoms with Gasteiger partial charge in [0.1, 0.15) is 5.52 Å². The van der Waals surface area contributed by atoms with Crippen LogP contribution in [0.1, 0.15) is 24.2 Å². The van der Waals surface area contributed by atoms with Gasteiger partial charge in [0.2, 0.25) is 0 Å². The van der Waals surface area contributed by atoms with Crippen molar-refractivity contribution in [3.63, 3.8) is 0 Å². The minimum atomic E-state index is 0.133. The Morgan fingerprint density at radius 3 is 2.40 bits per heavy atom. The van der Waals surface area contributed by atoms with E-state index < -0.39 is 0 Å². The summed E-state index contributed by atoms with van der Waals surface area (Å²) in [4.78, 5) is 26.1. The van der Waals surface area contributed by atoms with Gasteiger partial charge in [-0.05, 0) is 65.9 Å². The van der Waals surface area contributed by atoms with Crippen molar-refractivity contribution in [3.8, 4) is 11.1 Å². The molecule has 0 aliphatic heterocycles. The van der Waals surface area contributed by atoms with Crippen LogP contribution in [-0.4, -0.2) is 34.5 Å². The summed E-state index contributed by atoms with van der Waals surface area (Å²) in [7, 11) is 2.07. The fraction of sp³-hybridized carbons (Fsp3) is 0.111. The van der Waals surface area contributed by atoms with Crippen LogP contribution in [0.2, 0.25) is 5.02 Å². The molecule has 11 heteroatoms. The number of rotatable bonds is 7. The van der Waals surface area contributed by atoms with Gasteiger partial charge >= 0.3 is 0 Å². The van der Waals surface area contributed by atoms with Gasteiger partial charge in [0, 0.05) is 78.3 Å². The van der Waals surface area contributed by atoms with E-state index in [1.807, 2.05) is 42.0 Å². The Kier molecular flexibility index (Phi) is 8.68. The van der Waals surface area contributed by atoms with E-state index in [9.17, 15) is 0 Å². The zero-order valence-corrected chi connectivity index (χ0v) is 27.2. The number of anilines is 2. The first-order chi connectivity index (χ1) is 23.0. The van der Waals surface area contributed by atoms with Crippen LogP contribution in [-0.2, 0) is 13.6 Å². The SMILES string of the molecule is CC(Nc1cc(Cl)c2nccnc2c1)c1cccnc1.Cn1ccc2ccc(-c3cc(NCc4cscn4)cc4nccnc34)cc21. The van der Waals surface area contributed by atoms with Crippen LogP contribution in [0.25, 0.3) is 44.1 Å². The summed E-state index contributed by atoms with van der Waals surface area (Å²) < 4.78 is 2.14. The molecule has 9 nitrogen and oxygen atoms in total. The fourth-order valence-corrected chi connectivity index (χ4v) is 6.25. The minimum Gasteiger partial charge on any atom is -0.379 e. The molecule has 0 radical (unpaired) electrons. The standard InChI is InChI=1S/C21H17N5S.C15H13ClN4/c1-26-7-4-14-2-3-15(8-20(14)26)18-9-16(24-11-17-12-27-13-25-17)10-19-21(18)23-6-5-22-19;1-10(11-3-2-4-17-9-11)20-12-7-13(16)15-14(8-12)18-5-6-19-15/h2-10,12-13,24H,11H2,1H3;2-10,20H,1H3. The zero-order valence-electron chi connectivity index (χ0n) is 25.7. The van der Waals surface area contributed by atoms with E-state index in [1.54, 1.807) is 42.3 Å². The maximum absolute atomic E-state index is 6.24. The van der Waals surface area contributed by atoms with Gasteiger partial charge in [-0.2, -0.15) is 0 Å². The molecule has 0 aliphatic rings. The van der Waals surface area contributed by atoms with Crippen LogP contribution >= 0.6 is 22.9 Å². The summed E-state index contributed by atoms with van der Waals surface area (Å²) >= 11 is 7.84. The van der Waals surface area contributed by atoms with Crippen LogP contribution in [0.3, 0.4) is 0 Å². The van der Waals surface area contributed by atoms with Crippen molar-refractivity contribution in [2.75, 3.05) is 10.6 Å². The Balaban J connectivity index is 0.000000157. The Morgan fingerprint density at radius 1 is 0.830 bits per heavy atom. The third-order valence-corrected chi connectivity index (χ3v) is 8.75. The quantitative estimate of drug-likeness (QED) is 0.176. The van der Waals surface area contributed by atoms with Crippen molar-refractivity contribution in [2.24, 2.45) is 7.05 Å². The average molecular weight is 656 g/mol. The van der Waals surface area contributed by atoms with Gasteiger partial charge in [0.15, 0.2) is 0 Å². The van der Waals surface area contributed by atoms with Crippen molar-refractivity contribution in [1.82, 2.24) is 34.5 Å². The zero-order chi connectivity index (χ0) is 32.2. The summed E-state index contributed by atoms with van der Waals surface area (Å²) in [5.74, 6) is 0. The molecule has 1 unspecified atom stereocenters. The van der Waals surface area contributed by atoms with Crippen molar-refractivity contribution >= 4 is 67.3 Å². The first-order valence-corrected chi connectivity index (χ1v) is 16.3. The number of aryl methyl sites for hydroxylation is 1. The normalized spacial score (nSPS) is 11.7. The summed E-state index contributed by atoms with van der Waals surface area (Å²) in [5, 5.41) is 10.7. The number of halogens is 1. The molecular formula is C36H30ClN9S.